The molecule has 4 unspecified atom stereocenters. The molecule has 8 N–H and O–H groups in total. The van der Waals surface area contributed by atoms with Crippen molar-refractivity contribution in [3.05, 3.63) is 0 Å². The topological polar surface area (TPSA) is 227 Å². The molecule has 16 nitrogen and oxygen atoms in total. The fourth-order valence-electron chi connectivity index (χ4n) is 4.43. The molecule has 0 amide bonds. The summed E-state index contributed by atoms with van der Waals surface area (Å²) in [6.45, 7) is -3.02. The normalized spacial score (nSPS) is 26.4. The molecule has 0 aromatic rings. The van der Waals surface area contributed by atoms with Gasteiger partial charge in [0.15, 0.2) is 0 Å². The monoisotopic (exact) mass is 528 g/mol. The van der Waals surface area contributed by atoms with E-state index in [1.165, 1.54) is 9.80 Å². The molecule has 16 heteroatoms. The molecule has 1 aliphatic rings. The minimum atomic E-state index is -1.20. The van der Waals surface area contributed by atoms with Gasteiger partial charge in [0.1, 0.15) is 0 Å². The lowest BCUT2D eigenvalue weighted by Gasteiger charge is -2.44. The van der Waals surface area contributed by atoms with Gasteiger partial charge in [0.05, 0.1) is 52.7 Å². The SMILES string of the molecule is O=C(O)CN1CC(CO)N(CC(=O)O)CC(CO)N(CCOO)CC(CO)N(CCOO)CC1CO. The molecule has 0 aromatic carbocycles. The number of aliphatic hydroxyl groups is 4. The van der Waals surface area contributed by atoms with Gasteiger partial charge in [-0.15, -0.1) is 0 Å². The van der Waals surface area contributed by atoms with Gasteiger partial charge in [-0.2, -0.15) is 0 Å². The molecular weight excluding hydrogens is 488 g/mol. The lowest BCUT2D eigenvalue weighted by atomic mass is 10.1. The molecule has 1 fully saturated rings. The van der Waals surface area contributed by atoms with Crippen molar-refractivity contribution in [2.24, 2.45) is 0 Å². The van der Waals surface area contributed by atoms with E-state index in [-0.39, 0.29) is 52.5 Å². The Morgan fingerprint density at radius 3 is 1.11 bits per heavy atom. The number of carbonyl (C=O) groups is 2. The van der Waals surface area contributed by atoms with Crippen molar-refractivity contribution >= 4 is 11.9 Å². The van der Waals surface area contributed by atoms with Crippen LogP contribution < -0.4 is 0 Å². The van der Waals surface area contributed by atoms with E-state index >= 15 is 0 Å². The predicted octanol–water partition coefficient (Wildman–Crippen LogP) is -4.20. The molecule has 0 aliphatic carbocycles. The lowest BCUT2D eigenvalue weighted by Crippen LogP contribution is -2.61. The number of aliphatic carboxylic acids is 2. The Bertz CT molecular complexity index is 614. The van der Waals surface area contributed by atoms with Gasteiger partial charge in [-0.05, 0) is 0 Å². The van der Waals surface area contributed by atoms with E-state index in [0.717, 1.165) is 0 Å². The van der Waals surface area contributed by atoms with Crippen molar-refractivity contribution in [1.29, 1.82) is 0 Å². The van der Waals surface area contributed by atoms with E-state index in [2.05, 4.69) is 9.78 Å². The first-order valence-corrected chi connectivity index (χ1v) is 11.6. The number of hydrogen-bond acceptors (Lipinski definition) is 14. The summed E-state index contributed by atoms with van der Waals surface area (Å²) < 4.78 is 0. The fraction of sp³-hybridized carbons (Fsp3) is 0.900. The molecule has 36 heavy (non-hydrogen) atoms. The van der Waals surface area contributed by atoms with Gasteiger partial charge < -0.3 is 30.6 Å². The Kier molecular flexibility index (Phi) is 16.1. The summed E-state index contributed by atoms with van der Waals surface area (Å²) in [5, 5.41) is 77.3. The van der Waals surface area contributed by atoms with Crippen LogP contribution in [0.25, 0.3) is 0 Å². The quantitative estimate of drug-likeness (QED) is 0.0789. The van der Waals surface area contributed by atoms with E-state index in [0.29, 0.717) is 0 Å². The maximum Gasteiger partial charge on any atom is 0.317 e. The standard InChI is InChI=1S/C20H40N4O12/c25-11-15-5-21(1-3-35-33)16(12-26)7-23(9-19(29)30)18(14-28)8-24(10-20(31)32)17(13-27)6-22(15)2-4-36-34/h15-18,25-28,33-34H,1-14H2,(H,29,30)(H,31,32). The summed E-state index contributed by atoms with van der Waals surface area (Å²) in [5.41, 5.74) is 0. The minimum absolute atomic E-state index is 0.0313. The van der Waals surface area contributed by atoms with Crippen molar-refractivity contribution in [2.75, 3.05) is 92.0 Å². The van der Waals surface area contributed by atoms with Crippen LogP contribution in [0.4, 0.5) is 0 Å². The van der Waals surface area contributed by atoms with Crippen LogP contribution in [0, 0.1) is 0 Å². The molecule has 0 spiro atoms. The zero-order chi connectivity index (χ0) is 27.1. The average molecular weight is 529 g/mol. The largest absolute Gasteiger partial charge is 0.480 e. The third-order valence-electron chi connectivity index (χ3n) is 6.31. The van der Waals surface area contributed by atoms with Crippen molar-refractivity contribution in [3.63, 3.8) is 0 Å². The summed E-state index contributed by atoms with van der Waals surface area (Å²) in [6.07, 6.45) is 0. The Hall–Kier alpha value is -1.54. The van der Waals surface area contributed by atoms with Crippen LogP contribution in [0.5, 0.6) is 0 Å². The van der Waals surface area contributed by atoms with Crippen LogP contribution in [0.15, 0.2) is 0 Å². The number of carboxylic acid groups (broad SMARTS) is 2. The van der Waals surface area contributed by atoms with E-state index < -0.39 is 75.6 Å². The molecule has 1 saturated heterocycles. The summed E-state index contributed by atoms with van der Waals surface area (Å²) in [7, 11) is 0. The van der Waals surface area contributed by atoms with Crippen LogP contribution in [0.3, 0.4) is 0 Å². The van der Waals surface area contributed by atoms with Crippen LogP contribution in [0.2, 0.25) is 0 Å². The number of hydrogen-bond donors (Lipinski definition) is 8. The third kappa shape index (κ3) is 10.8. The summed E-state index contributed by atoms with van der Waals surface area (Å²) >= 11 is 0. The van der Waals surface area contributed by atoms with Crippen molar-refractivity contribution in [1.82, 2.24) is 19.6 Å². The smallest absolute Gasteiger partial charge is 0.317 e. The molecule has 4 atom stereocenters. The van der Waals surface area contributed by atoms with Gasteiger partial charge in [0.2, 0.25) is 0 Å². The van der Waals surface area contributed by atoms with E-state index in [4.69, 9.17) is 10.5 Å². The molecule has 0 bridgehead atoms. The zero-order valence-electron chi connectivity index (χ0n) is 20.2. The molecule has 1 aliphatic heterocycles. The summed E-state index contributed by atoms with van der Waals surface area (Å²) in [4.78, 5) is 37.8. The number of rotatable bonds is 14. The molecule has 0 radical (unpaired) electrons. The van der Waals surface area contributed by atoms with Gasteiger partial charge in [-0.3, -0.25) is 39.7 Å². The van der Waals surface area contributed by atoms with Gasteiger partial charge in [-0.1, -0.05) is 0 Å². The van der Waals surface area contributed by atoms with E-state index in [1.54, 1.807) is 9.80 Å². The second-order valence-electron chi connectivity index (χ2n) is 8.65. The Morgan fingerprint density at radius 2 is 0.861 bits per heavy atom. The average Bonchev–Trinajstić information content (AvgIpc) is 2.84. The first-order chi connectivity index (χ1) is 17.2. The molecule has 1 heterocycles. The van der Waals surface area contributed by atoms with Crippen LogP contribution >= 0.6 is 0 Å². The predicted molar refractivity (Wildman–Crippen MR) is 122 cm³/mol. The van der Waals surface area contributed by atoms with Crippen molar-refractivity contribution < 1.29 is 60.5 Å². The van der Waals surface area contributed by atoms with Gasteiger partial charge in [0, 0.05) is 63.4 Å². The maximum absolute atomic E-state index is 11.6. The Labute approximate surface area is 208 Å². The van der Waals surface area contributed by atoms with Crippen molar-refractivity contribution in [3.8, 4) is 0 Å². The second-order valence-corrected chi connectivity index (χ2v) is 8.65. The second kappa shape index (κ2) is 17.8. The highest BCUT2D eigenvalue weighted by molar-refractivity contribution is 5.69. The minimum Gasteiger partial charge on any atom is -0.480 e. The highest BCUT2D eigenvalue weighted by atomic mass is 17.1. The summed E-state index contributed by atoms with van der Waals surface area (Å²) in [6, 6.07) is -3.01. The molecular formula is C20H40N4O12. The van der Waals surface area contributed by atoms with E-state index in [9.17, 15) is 40.2 Å². The van der Waals surface area contributed by atoms with Crippen LogP contribution in [-0.4, -0.2) is 189 Å². The van der Waals surface area contributed by atoms with Crippen LogP contribution in [-0.2, 0) is 19.4 Å². The van der Waals surface area contributed by atoms with E-state index in [1.807, 2.05) is 0 Å². The first-order valence-electron chi connectivity index (χ1n) is 11.6. The first kappa shape index (κ1) is 32.5. The van der Waals surface area contributed by atoms with Gasteiger partial charge in [0.25, 0.3) is 0 Å². The molecule has 0 saturated carbocycles. The maximum atomic E-state index is 11.6. The molecule has 1 rings (SSSR count). The lowest BCUT2D eigenvalue weighted by molar-refractivity contribution is -0.247. The highest BCUT2D eigenvalue weighted by Crippen LogP contribution is 2.16. The number of nitrogens with zero attached hydrogens (tertiary/aromatic N) is 4. The summed E-state index contributed by atoms with van der Waals surface area (Å²) in [5.74, 6) is -2.40. The Balaban J connectivity index is 3.54. The number of aliphatic hydroxyl groups excluding tert-OH is 4. The highest BCUT2D eigenvalue weighted by Gasteiger charge is 2.35. The number of carboxylic acids is 2. The van der Waals surface area contributed by atoms with Crippen LogP contribution in [0.1, 0.15) is 0 Å². The van der Waals surface area contributed by atoms with Crippen molar-refractivity contribution in [2.45, 2.75) is 24.2 Å². The fourth-order valence-corrected chi connectivity index (χ4v) is 4.43. The van der Waals surface area contributed by atoms with Gasteiger partial charge >= 0.3 is 11.9 Å². The van der Waals surface area contributed by atoms with Gasteiger partial charge in [-0.25, -0.2) is 9.78 Å². The molecule has 212 valence electrons. The molecule has 0 aromatic heterocycles. The Morgan fingerprint density at radius 1 is 0.583 bits per heavy atom. The third-order valence-corrected chi connectivity index (χ3v) is 6.31. The zero-order valence-corrected chi connectivity index (χ0v) is 20.2.